The lowest BCUT2D eigenvalue weighted by Crippen LogP contribution is -1.96. The predicted octanol–water partition coefficient (Wildman–Crippen LogP) is 4.65. The second-order valence-corrected chi connectivity index (χ2v) is 7.03. The van der Waals surface area contributed by atoms with E-state index in [1.807, 2.05) is 36.4 Å². The molecule has 0 saturated carbocycles. The standard InChI is InChI=1S/C19H15ClN4O4S/c1-25-12-5-4-6-13(9-12)26-10-16-21-24-19(28-16)29-11-17-22-23-18(27-17)14-7-2-3-8-15(14)20/h2-9H,10-11H2,1H3. The van der Waals surface area contributed by atoms with Crippen LogP contribution in [0.4, 0.5) is 0 Å². The molecule has 0 unspecified atom stereocenters. The van der Waals surface area contributed by atoms with Gasteiger partial charge in [0.2, 0.25) is 11.8 Å². The van der Waals surface area contributed by atoms with Crippen molar-refractivity contribution in [3.8, 4) is 23.0 Å². The summed E-state index contributed by atoms with van der Waals surface area (Å²) in [5, 5.41) is 16.9. The molecule has 0 aliphatic heterocycles. The van der Waals surface area contributed by atoms with Crippen LogP contribution in [-0.2, 0) is 12.4 Å². The Morgan fingerprint density at radius 2 is 1.76 bits per heavy atom. The summed E-state index contributed by atoms with van der Waals surface area (Å²) in [7, 11) is 1.60. The molecule has 4 aromatic rings. The molecule has 2 aromatic carbocycles. The molecule has 8 nitrogen and oxygen atoms in total. The van der Waals surface area contributed by atoms with Gasteiger partial charge in [-0.1, -0.05) is 41.6 Å². The van der Waals surface area contributed by atoms with E-state index in [4.69, 9.17) is 29.9 Å². The highest BCUT2D eigenvalue weighted by Gasteiger charge is 2.14. The van der Waals surface area contributed by atoms with Crippen LogP contribution in [-0.4, -0.2) is 27.5 Å². The van der Waals surface area contributed by atoms with Gasteiger partial charge in [0.05, 0.1) is 23.4 Å². The Balaban J connectivity index is 1.32. The quantitative estimate of drug-likeness (QED) is 0.370. The molecule has 0 atom stereocenters. The Kier molecular flexibility index (Phi) is 5.97. The molecule has 2 heterocycles. The molecule has 2 aromatic heterocycles. The minimum atomic E-state index is 0.151. The zero-order valence-corrected chi connectivity index (χ0v) is 16.8. The number of aromatic nitrogens is 4. The molecule has 0 saturated heterocycles. The fraction of sp³-hybridized carbons (Fsp3) is 0.158. The summed E-state index contributed by atoms with van der Waals surface area (Å²) in [6.07, 6.45) is 0. The van der Waals surface area contributed by atoms with Crippen LogP contribution in [0, 0.1) is 0 Å². The van der Waals surface area contributed by atoms with Crippen LogP contribution in [0.15, 0.2) is 62.6 Å². The van der Waals surface area contributed by atoms with Gasteiger partial charge in [0, 0.05) is 6.07 Å². The molecule has 29 heavy (non-hydrogen) atoms. The third-order valence-corrected chi connectivity index (χ3v) is 4.87. The van der Waals surface area contributed by atoms with Crippen molar-refractivity contribution in [3.05, 3.63) is 65.3 Å². The molecule has 10 heteroatoms. The van der Waals surface area contributed by atoms with Crippen molar-refractivity contribution in [1.29, 1.82) is 0 Å². The number of hydrogen-bond acceptors (Lipinski definition) is 9. The van der Waals surface area contributed by atoms with Crippen molar-refractivity contribution in [2.45, 2.75) is 17.6 Å². The van der Waals surface area contributed by atoms with Crippen molar-refractivity contribution < 1.29 is 18.3 Å². The first-order valence-corrected chi connectivity index (χ1v) is 9.87. The monoisotopic (exact) mass is 430 g/mol. The fourth-order valence-electron chi connectivity index (χ4n) is 2.37. The van der Waals surface area contributed by atoms with E-state index in [-0.39, 0.29) is 6.61 Å². The van der Waals surface area contributed by atoms with Crippen LogP contribution >= 0.6 is 23.4 Å². The lowest BCUT2D eigenvalue weighted by atomic mass is 10.2. The number of methoxy groups -OCH3 is 1. The first-order valence-electron chi connectivity index (χ1n) is 8.50. The van der Waals surface area contributed by atoms with E-state index in [1.165, 1.54) is 11.8 Å². The minimum absolute atomic E-state index is 0.151. The first-order chi connectivity index (χ1) is 14.2. The Bertz CT molecular complexity index is 1100. The highest BCUT2D eigenvalue weighted by atomic mass is 35.5. The zero-order valence-electron chi connectivity index (χ0n) is 15.2. The maximum atomic E-state index is 6.15. The fourth-order valence-corrected chi connectivity index (χ4v) is 3.20. The summed E-state index contributed by atoms with van der Waals surface area (Å²) >= 11 is 7.44. The molecule has 0 N–H and O–H groups in total. The Morgan fingerprint density at radius 3 is 2.62 bits per heavy atom. The van der Waals surface area contributed by atoms with E-state index < -0.39 is 0 Å². The molecule has 0 spiro atoms. The molecule has 0 radical (unpaired) electrons. The number of nitrogens with zero attached hydrogens (tertiary/aromatic N) is 4. The van der Waals surface area contributed by atoms with Crippen LogP contribution < -0.4 is 9.47 Å². The van der Waals surface area contributed by atoms with Crippen LogP contribution in [0.3, 0.4) is 0 Å². The minimum Gasteiger partial charge on any atom is -0.497 e. The Hall–Kier alpha value is -3.04. The summed E-state index contributed by atoms with van der Waals surface area (Å²) in [5.41, 5.74) is 0.688. The molecule has 0 bridgehead atoms. The lowest BCUT2D eigenvalue weighted by molar-refractivity contribution is 0.251. The maximum absolute atomic E-state index is 6.15. The van der Waals surface area contributed by atoms with Gasteiger partial charge < -0.3 is 18.3 Å². The smallest absolute Gasteiger partial charge is 0.277 e. The number of halogens is 1. The topological polar surface area (TPSA) is 96.3 Å². The molecule has 0 aliphatic rings. The third-order valence-electron chi connectivity index (χ3n) is 3.74. The van der Waals surface area contributed by atoms with Crippen molar-refractivity contribution in [1.82, 2.24) is 20.4 Å². The summed E-state index contributed by atoms with van der Waals surface area (Å²) in [6.45, 7) is 0.151. The summed E-state index contributed by atoms with van der Waals surface area (Å²) < 4.78 is 22.0. The van der Waals surface area contributed by atoms with Crippen LogP contribution in [0.2, 0.25) is 5.02 Å². The second-order valence-electron chi connectivity index (χ2n) is 5.70. The van der Waals surface area contributed by atoms with Gasteiger partial charge in [0.15, 0.2) is 6.61 Å². The number of benzene rings is 2. The van der Waals surface area contributed by atoms with E-state index in [2.05, 4.69) is 20.4 Å². The van der Waals surface area contributed by atoms with E-state index in [0.717, 1.165) is 0 Å². The molecule has 0 amide bonds. The zero-order chi connectivity index (χ0) is 20.1. The second kappa shape index (κ2) is 8.97. The van der Waals surface area contributed by atoms with E-state index >= 15 is 0 Å². The van der Waals surface area contributed by atoms with E-state index in [9.17, 15) is 0 Å². The Morgan fingerprint density at radius 1 is 0.931 bits per heavy atom. The summed E-state index contributed by atoms with van der Waals surface area (Å²) in [6, 6.07) is 14.5. The molecular formula is C19H15ClN4O4S. The first kappa shape index (κ1) is 19.3. The van der Waals surface area contributed by atoms with E-state index in [1.54, 1.807) is 19.2 Å². The molecule has 4 rings (SSSR count). The van der Waals surface area contributed by atoms with Gasteiger partial charge in [-0.05, 0) is 24.3 Å². The average molecular weight is 431 g/mol. The van der Waals surface area contributed by atoms with Gasteiger partial charge in [-0.2, -0.15) is 0 Å². The normalized spacial score (nSPS) is 10.8. The van der Waals surface area contributed by atoms with Crippen LogP contribution in [0.25, 0.3) is 11.5 Å². The van der Waals surface area contributed by atoms with Gasteiger partial charge in [0.1, 0.15) is 11.5 Å². The van der Waals surface area contributed by atoms with E-state index in [0.29, 0.717) is 50.7 Å². The number of thioether (sulfide) groups is 1. The van der Waals surface area contributed by atoms with Crippen LogP contribution in [0.5, 0.6) is 11.5 Å². The molecule has 0 fully saturated rings. The van der Waals surface area contributed by atoms with Crippen molar-refractivity contribution in [2.24, 2.45) is 0 Å². The van der Waals surface area contributed by atoms with Gasteiger partial charge >= 0.3 is 0 Å². The highest BCUT2D eigenvalue weighted by Crippen LogP contribution is 2.28. The van der Waals surface area contributed by atoms with Crippen molar-refractivity contribution >= 4 is 23.4 Å². The summed E-state index contributed by atoms with van der Waals surface area (Å²) in [4.78, 5) is 0. The largest absolute Gasteiger partial charge is 0.497 e. The molecule has 148 valence electrons. The average Bonchev–Trinajstić information content (AvgIpc) is 3.41. The SMILES string of the molecule is COc1cccc(OCc2nnc(SCc3nnc(-c4ccccc4Cl)o3)o2)c1. The van der Waals surface area contributed by atoms with Gasteiger partial charge in [0.25, 0.3) is 11.1 Å². The lowest BCUT2D eigenvalue weighted by Gasteiger charge is -2.05. The highest BCUT2D eigenvalue weighted by molar-refractivity contribution is 7.98. The number of hydrogen-bond donors (Lipinski definition) is 0. The van der Waals surface area contributed by atoms with Crippen LogP contribution in [0.1, 0.15) is 11.8 Å². The summed E-state index contributed by atoms with van der Waals surface area (Å²) in [5.74, 6) is 2.89. The van der Waals surface area contributed by atoms with Gasteiger partial charge in [-0.3, -0.25) is 0 Å². The van der Waals surface area contributed by atoms with Crippen molar-refractivity contribution in [2.75, 3.05) is 7.11 Å². The predicted molar refractivity (Wildman–Crippen MR) is 106 cm³/mol. The maximum Gasteiger partial charge on any atom is 0.277 e. The van der Waals surface area contributed by atoms with Crippen molar-refractivity contribution in [3.63, 3.8) is 0 Å². The number of ether oxygens (including phenoxy) is 2. The molecular weight excluding hydrogens is 416 g/mol. The third kappa shape index (κ3) is 4.87. The van der Waals surface area contributed by atoms with Gasteiger partial charge in [-0.15, -0.1) is 20.4 Å². The Labute approximate surface area is 175 Å². The molecule has 0 aliphatic carbocycles. The van der Waals surface area contributed by atoms with Gasteiger partial charge in [-0.25, -0.2) is 0 Å². The number of rotatable bonds is 8.